The molecule has 1 aliphatic rings. The van der Waals surface area contributed by atoms with Gasteiger partial charge < -0.3 is 4.74 Å². The van der Waals surface area contributed by atoms with Crippen LogP contribution in [0.4, 0.5) is 10.1 Å². The van der Waals surface area contributed by atoms with E-state index in [-0.39, 0.29) is 0 Å². The number of nitrogens with zero attached hydrogens (tertiary/aromatic N) is 1. The van der Waals surface area contributed by atoms with Crippen molar-refractivity contribution >= 4 is 71.3 Å². The third kappa shape index (κ3) is 5.55. The Balaban J connectivity index is 1.48. The van der Waals surface area contributed by atoms with Gasteiger partial charge in [-0.3, -0.25) is 4.79 Å². The summed E-state index contributed by atoms with van der Waals surface area (Å²) in [5.74, 6) is -0.821. The molecule has 1 aliphatic heterocycles. The Kier molecular flexibility index (Phi) is 6.91. The average Bonchev–Trinajstić information content (AvgIpc) is 3.10. The molecule has 0 radical (unpaired) electrons. The van der Waals surface area contributed by atoms with Crippen molar-refractivity contribution in [2.75, 3.05) is 5.32 Å². The Morgan fingerprint density at radius 1 is 1.06 bits per heavy atom. The van der Waals surface area contributed by atoms with Gasteiger partial charge in [0.2, 0.25) is 0 Å². The summed E-state index contributed by atoms with van der Waals surface area (Å²) < 4.78 is 21.1. The molecule has 0 atom stereocenters. The zero-order valence-corrected chi connectivity index (χ0v) is 20.2. The molecule has 0 aromatic heterocycles. The van der Waals surface area contributed by atoms with Crippen molar-refractivity contribution < 1.29 is 18.7 Å². The van der Waals surface area contributed by atoms with Gasteiger partial charge in [-0.2, -0.15) is 0 Å². The van der Waals surface area contributed by atoms with Gasteiger partial charge in [0.15, 0.2) is 0 Å². The number of nitrogens with one attached hydrogen (secondary N) is 1. The van der Waals surface area contributed by atoms with Crippen LogP contribution in [0.1, 0.15) is 12.5 Å². The summed E-state index contributed by atoms with van der Waals surface area (Å²) in [6.45, 7) is 1.33. The molecule has 0 fully saturated rings. The molecule has 3 aromatic carbocycles. The van der Waals surface area contributed by atoms with Gasteiger partial charge in [-0.05, 0) is 23.3 Å². The quantitative estimate of drug-likeness (QED) is 0.276. The number of hydrogen-bond donors (Lipinski definition) is 1. The van der Waals surface area contributed by atoms with E-state index in [2.05, 4.69) is 10.3 Å². The summed E-state index contributed by atoms with van der Waals surface area (Å²) in [4.78, 5) is 27.7. The molecule has 1 heterocycles. The van der Waals surface area contributed by atoms with Crippen LogP contribution in [-0.4, -0.2) is 45.0 Å². The molecule has 0 aliphatic carbocycles. The first kappa shape index (κ1) is 22.5. The van der Waals surface area contributed by atoms with E-state index in [1.54, 1.807) is 36.4 Å². The third-order valence-electron chi connectivity index (χ3n) is 4.66. The minimum Gasteiger partial charge on any atom is -0.0507 e. The van der Waals surface area contributed by atoms with Crippen LogP contribution in [0.3, 0.4) is 0 Å². The zero-order chi connectivity index (χ0) is 22.7. The molecule has 4 rings (SSSR count). The summed E-state index contributed by atoms with van der Waals surface area (Å²) in [6.07, 6.45) is 1.51. The van der Waals surface area contributed by atoms with Crippen molar-refractivity contribution in [3.8, 4) is 16.9 Å². The van der Waals surface area contributed by atoms with Crippen LogP contribution in [0, 0.1) is 5.82 Å². The number of aliphatic imine (C=N–C) groups is 1. The summed E-state index contributed by atoms with van der Waals surface area (Å²) in [5, 5.41) is 3.58. The second kappa shape index (κ2) is 9.83. The van der Waals surface area contributed by atoms with Crippen molar-refractivity contribution in [3.63, 3.8) is 0 Å². The molecule has 154 valence electrons. The van der Waals surface area contributed by atoms with Crippen molar-refractivity contribution in [2.45, 2.75) is 6.92 Å². The predicted molar refractivity (Wildman–Crippen MR) is 127 cm³/mol. The maximum absolute atomic E-state index is 14.8. The van der Waals surface area contributed by atoms with Crippen molar-refractivity contribution in [1.82, 2.24) is 0 Å². The minimum absolute atomic E-state index is 0.304. The van der Waals surface area contributed by atoms with E-state index in [9.17, 15) is 14.0 Å². The molecular formula is C24H16FN2NaO3S. The molecule has 0 unspecified atom stereocenters. The molecule has 0 spiro atoms. The molecule has 3 aromatic rings. The number of thioether (sulfide) groups is 1. The zero-order valence-electron chi connectivity index (χ0n) is 17.4. The number of carbonyl (C=O) groups is 2. The number of rotatable bonds is 4. The van der Waals surface area contributed by atoms with Crippen LogP contribution in [-0.2, 0) is 9.59 Å². The van der Waals surface area contributed by atoms with Gasteiger partial charge in [0.05, 0.1) is 0 Å². The fraction of sp³-hybridized carbons (Fsp3) is 0.0417. The Morgan fingerprint density at radius 3 is 2.41 bits per heavy atom. The predicted octanol–water partition coefficient (Wildman–Crippen LogP) is 4.29. The molecule has 32 heavy (non-hydrogen) atoms. The van der Waals surface area contributed by atoms with Gasteiger partial charge in [0.1, 0.15) is 5.75 Å². The second-order valence-electron chi connectivity index (χ2n) is 7.18. The van der Waals surface area contributed by atoms with Gasteiger partial charge in [0, 0.05) is 6.92 Å². The number of amides is 1. The smallest absolute Gasteiger partial charge is 0.0507 e. The van der Waals surface area contributed by atoms with Crippen LogP contribution in [0.5, 0.6) is 5.75 Å². The first-order valence-corrected chi connectivity index (χ1v) is 11.6. The molecule has 0 bridgehead atoms. The fourth-order valence-electron chi connectivity index (χ4n) is 3.07. The number of carbonyl (C=O) groups excluding carboxylic acids is 2. The maximum atomic E-state index is 14.8. The van der Waals surface area contributed by atoms with E-state index in [1.165, 1.54) is 33.6 Å². The van der Waals surface area contributed by atoms with E-state index in [4.69, 9.17) is 4.74 Å². The van der Waals surface area contributed by atoms with Crippen LogP contribution < -0.4 is 12.9 Å². The van der Waals surface area contributed by atoms with Gasteiger partial charge in [-0.25, -0.2) is 0 Å². The summed E-state index contributed by atoms with van der Waals surface area (Å²) in [7, 11) is 0. The molecular weight excluding hydrogens is 438 g/mol. The molecule has 0 saturated heterocycles. The molecule has 8 heteroatoms. The van der Waals surface area contributed by atoms with Crippen molar-refractivity contribution in [3.05, 3.63) is 83.0 Å². The number of amidine groups is 1. The summed E-state index contributed by atoms with van der Waals surface area (Å²) >= 11 is 2.15. The minimum atomic E-state index is -0.448. The van der Waals surface area contributed by atoms with E-state index >= 15 is 0 Å². The topological polar surface area (TPSA) is 67.8 Å². The van der Waals surface area contributed by atoms with E-state index < -0.39 is 17.7 Å². The Labute approximate surface area is 206 Å². The van der Waals surface area contributed by atoms with Crippen LogP contribution >= 0.6 is 11.8 Å². The molecule has 1 N–H and O–H groups in total. The number of hydrogen-bond acceptors (Lipinski definition) is 5. The van der Waals surface area contributed by atoms with Crippen LogP contribution in [0.25, 0.3) is 17.2 Å². The number of halogens is 1. The van der Waals surface area contributed by atoms with Crippen LogP contribution in [0.15, 0.2) is 76.6 Å². The van der Waals surface area contributed by atoms with Crippen molar-refractivity contribution in [2.24, 2.45) is 4.99 Å². The van der Waals surface area contributed by atoms with Gasteiger partial charge in [0.25, 0.3) is 0 Å². The Hall–Kier alpha value is -2.71. The average molecular weight is 454 g/mol. The normalized spacial score (nSPS) is 14.4. The van der Waals surface area contributed by atoms with Crippen molar-refractivity contribution in [1.29, 1.82) is 0 Å². The first-order chi connectivity index (χ1) is 15.4. The van der Waals surface area contributed by atoms with Gasteiger partial charge in [-0.15, -0.1) is 0 Å². The van der Waals surface area contributed by atoms with E-state index in [0.717, 1.165) is 39.2 Å². The summed E-state index contributed by atoms with van der Waals surface area (Å²) in [6, 6.07) is 19.5. The Bertz CT molecular complexity index is 1260. The molecule has 1 amide bonds. The number of benzene rings is 3. The fourth-order valence-corrected chi connectivity index (χ4v) is 4.23. The van der Waals surface area contributed by atoms with E-state index in [1.807, 2.05) is 24.3 Å². The number of esters is 1. The summed E-state index contributed by atoms with van der Waals surface area (Å²) in [5.41, 5.74) is 2.60. The van der Waals surface area contributed by atoms with Gasteiger partial charge >= 0.3 is 150 Å². The van der Waals surface area contributed by atoms with E-state index in [0.29, 0.717) is 26.9 Å². The molecule has 5 nitrogen and oxygen atoms in total. The van der Waals surface area contributed by atoms with Crippen LogP contribution in [0.2, 0.25) is 0 Å². The first-order valence-electron chi connectivity index (χ1n) is 9.82. The number of ether oxygens (including phenoxy) is 1. The third-order valence-corrected chi connectivity index (χ3v) is 6.23. The Morgan fingerprint density at radius 2 is 1.75 bits per heavy atom. The SMILES string of the molecule is CC(=O)Oc1ccc(-c2ccc(C=C3SC(Nc4cc[c]([Na])cc4)=NC3=O)c(F)c2)cc1. The standard InChI is InChI=1S/C24H16FN2O3S.Na/c1-15(28)30-20-11-9-16(10-12-20)17-7-8-18(21(25)13-17)14-22-23(29)27-24(31-22)26-19-5-3-2-4-6-19;/h3-14H,1H3,(H,26,27,29);. The monoisotopic (exact) mass is 454 g/mol. The number of anilines is 1. The molecule has 0 saturated carbocycles. The van der Waals surface area contributed by atoms with Gasteiger partial charge in [-0.1, -0.05) is 12.1 Å². The second-order valence-corrected chi connectivity index (χ2v) is 9.36.